The van der Waals surface area contributed by atoms with Crippen LogP contribution in [0.4, 0.5) is 21.5 Å². The second-order valence-corrected chi connectivity index (χ2v) is 14.6. The molecule has 0 aliphatic carbocycles. The number of pyridine rings is 2. The molecule has 11 rings (SSSR count). The molecule has 55 heavy (non-hydrogen) atoms. The molecule has 0 fully saturated rings. The third-order valence-corrected chi connectivity index (χ3v) is 11.3. The van der Waals surface area contributed by atoms with E-state index in [1.165, 1.54) is 11.1 Å². The van der Waals surface area contributed by atoms with Gasteiger partial charge in [0, 0.05) is 46.0 Å². The van der Waals surface area contributed by atoms with E-state index in [0.717, 1.165) is 72.0 Å². The van der Waals surface area contributed by atoms with Crippen LogP contribution in [0.5, 0.6) is 0 Å². The van der Waals surface area contributed by atoms with Gasteiger partial charge in [-0.1, -0.05) is 90.5 Å². The molecule has 7 heteroatoms. The second kappa shape index (κ2) is 12.5. The fraction of sp³-hybridized carbons (Fsp3) is 0.0833. The van der Waals surface area contributed by atoms with E-state index in [4.69, 9.17) is 4.98 Å². The first-order chi connectivity index (χ1) is 26.5. The summed E-state index contributed by atoms with van der Waals surface area (Å²) in [6.45, 7) is 4.61. The first-order valence-corrected chi connectivity index (χ1v) is 18.2. The van der Waals surface area contributed by atoms with Gasteiger partial charge in [0.25, 0.3) is 0 Å². The van der Waals surface area contributed by atoms with Crippen LogP contribution >= 0.6 is 0 Å². The van der Waals surface area contributed by atoms with Gasteiger partial charge in [-0.3, -0.25) is 4.98 Å². The van der Waals surface area contributed by atoms with Crippen LogP contribution in [-0.4, -0.2) is 18.9 Å². The summed E-state index contributed by atoms with van der Waals surface area (Å²) in [6.07, 6.45) is 4.08. The Balaban J connectivity index is 0.00000372. The van der Waals surface area contributed by atoms with E-state index in [-0.39, 0.29) is 25.8 Å². The van der Waals surface area contributed by atoms with Gasteiger partial charge in [0.05, 0.1) is 22.5 Å². The standard InChI is InChI=1S/C48H32FN5.Pd/c1-48(2)39-18-7-9-20-42(39)53(32-13-4-3-5-14-32)44-29-43-37(28-40(44)48)36-17-11-23-50-47(36)54(43)33-15-10-12-30(26-33)45(49)31-21-22-34-35-16-6-8-19-41(35)52-25-24-51-46(52)38(34)27-31;/h3-25,28-29,45H,1-2H3;/q-2;+2. The van der Waals surface area contributed by atoms with Crippen molar-refractivity contribution in [2.45, 2.75) is 25.4 Å². The van der Waals surface area contributed by atoms with Crippen molar-refractivity contribution < 1.29 is 24.8 Å². The Kier molecular flexibility index (Phi) is 7.58. The molecule has 0 N–H and O–H groups in total. The number of hydrogen-bond donors (Lipinski definition) is 0. The van der Waals surface area contributed by atoms with E-state index in [0.29, 0.717) is 11.1 Å². The van der Waals surface area contributed by atoms with Crippen molar-refractivity contribution in [3.63, 3.8) is 0 Å². The van der Waals surface area contributed by atoms with Crippen LogP contribution in [-0.2, 0) is 25.8 Å². The molecule has 0 saturated heterocycles. The summed E-state index contributed by atoms with van der Waals surface area (Å²) in [7, 11) is 0. The van der Waals surface area contributed by atoms with Crippen molar-refractivity contribution in [3.8, 4) is 5.69 Å². The zero-order chi connectivity index (χ0) is 36.1. The van der Waals surface area contributed by atoms with E-state index in [2.05, 4.69) is 119 Å². The van der Waals surface area contributed by atoms with Crippen LogP contribution < -0.4 is 4.90 Å². The van der Waals surface area contributed by atoms with Gasteiger partial charge in [-0.05, 0) is 65.0 Å². The van der Waals surface area contributed by atoms with Crippen molar-refractivity contribution in [3.05, 3.63) is 186 Å². The molecule has 0 bridgehead atoms. The Morgan fingerprint density at radius 2 is 1.36 bits per heavy atom. The molecule has 0 saturated carbocycles. The smallest absolute Gasteiger partial charge is 0.340 e. The van der Waals surface area contributed by atoms with E-state index >= 15 is 4.39 Å². The minimum Gasteiger partial charge on any atom is -0.340 e. The van der Waals surface area contributed by atoms with Crippen LogP contribution in [0.3, 0.4) is 0 Å². The van der Waals surface area contributed by atoms with Crippen molar-refractivity contribution in [1.29, 1.82) is 0 Å². The van der Waals surface area contributed by atoms with Crippen molar-refractivity contribution in [1.82, 2.24) is 18.9 Å². The number of rotatable bonds is 4. The van der Waals surface area contributed by atoms with Gasteiger partial charge in [0.1, 0.15) is 11.8 Å². The fourth-order valence-corrected chi connectivity index (χ4v) is 8.71. The monoisotopic (exact) mass is 803 g/mol. The zero-order valence-electron chi connectivity index (χ0n) is 29.9. The summed E-state index contributed by atoms with van der Waals surface area (Å²) in [6, 6.07) is 52.6. The third kappa shape index (κ3) is 4.87. The molecule has 1 aliphatic rings. The van der Waals surface area contributed by atoms with Gasteiger partial charge in [0.15, 0.2) is 0 Å². The Labute approximate surface area is 331 Å². The molecule has 1 unspecified atom stereocenters. The summed E-state index contributed by atoms with van der Waals surface area (Å²) in [5.41, 5.74) is 10.7. The number of halogens is 1. The zero-order valence-corrected chi connectivity index (χ0v) is 31.5. The topological polar surface area (TPSA) is 38.4 Å². The van der Waals surface area contributed by atoms with E-state index in [9.17, 15) is 0 Å². The maximum atomic E-state index is 16.9. The Bertz CT molecular complexity index is 3130. The normalized spacial score (nSPS) is 14.0. The van der Waals surface area contributed by atoms with Crippen molar-refractivity contribution in [2.75, 3.05) is 4.90 Å². The molecular formula is C48H32FN5Pd. The number of fused-ring (bicyclic) bond motifs is 11. The minimum absolute atomic E-state index is 0. The predicted octanol–water partition coefficient (Wildman–Crippen LogP) is 11.9. The minimum atomic E-state index is -1.46. The average Bonchev–Trinajstić information content (AvgIpc) is 3.84. The average molecular weight is 804 g/mol. The number of imidazole rings is 1. The van der Waals surface area contributed by atoms with Gasteiger partial charge in [-0.2, -0.15) is 18.2 Å². The molecule has 266 valence electrons. The molecule has 4 aromatic heterocycles. The van der Waals surface area contributed by atoms with Crippen LogP contribution in [0.25, 0.3) is 54.9 Å². The Morgan fingerprint density at radius 1 is 0.600 bits per heavy atom. The number of alkyl halides is 1. The van der Waals surface area contributed by atoms with Crippen molar-refractivity contribution in [2.24, 2.45) is 0 Å². The molecule has 10 aromatic rings. The summed E-state index contributed by atoms with van der Waals surface area (Å²) in [4.78, 5) is 11.9. The predicted molar refractivity (Wildman–Crippen MR) is 216 cm³/mol. The molecule has 6 aromatic carbocycles. The first kappa shape index (κ1) is 33.4. The summed E-state index contributed by atoms with van der Waals surface area (Å²) >= 11 is 0. The third-order valence-electron chi connectivity index (χ3n) is 11.3. The SMILES string of the molecule is CC1(C)c2ccccc2N(c2ccccc2)c2cc3c(cc21)c1cccnc1n3-c1[c-]c(C(F)c2[c-]c3c(cc2)c2ccccc2n2ccnc32)ccc1.[Pd+2]. The summed E-state index contributed by atoms with van der Waals surface area (Å²) in [5.74, 6) is 0. The number of nitrogens with zero attached hydrogens (tertiary/aromatic N) is 5. The van der Waals surface area contributed by atoms with E-state index < -0.39 is 6.17 Å². The van der Waals surface area contributed by atoms with Gasteiger partial charge in [-0.15, -0.1) is 29.8 Å². The number of para-hydroxylation sites is 3. The van der Waals surface area contributed by atoms with Gasteiger partial charge in [0.2, 0.25) is 0 Å². The summed E-state index contributed by atoms with van der Waals surface area (Å²) in [5, 5.41) is 4.98. The van der Waals surface area contributed by atoms with Crippen LogP contribution in [0.15, 0.2) is 152 Å². The van der Waals surface area contributed by atoms with Crippen LogP contribution in [0.2, 0.25) is 0 Å². The fourth-order valence-electron chi connectivity index (χ4n) is 8.71. The quantitative estimate of drug-likeness (QED) is 0.101. The summed E-state index contributed by atoms with van der Waals surface area (Å²) < 4.78 is 21.0. The van der Waals surface area contributed by atoms with E-state index in [1.54, 1.807) is 12.3 Å². The van der Waals surface area contributed by atoms with Gasteiger partial charge >= 0.3 is 20.4 Å². The number of anilines is 3. The molecule has 5 heterocycles. The molecular weight excluding hydrogens is 772 g/mol. The van der Waals surface area contributed by atoms with Crippen LogP contribution in [0.1, 0.15) is 42.3 Å². The Hall–Kier alpha value is -6.13. The van der Waals surface area contributed by atoms with Gasteiger partial charge in [-0.25, -0.2) is 9.37 Å². The molecule has 1 aliphatic heterocycles. The number of aromatic nitrogens is 4. The molecule has 5 nitrogen and oxygen atoms in total. The van der Waals surface area contributed by atoms with Crippen molar-refractivity contribution >= 4 is 66.3 Å². The molecule has 0 spiro atoms. The largest absolute Gasteiger partial charge is 2.00 e. The molecule has 0 radical (unpaired) electrons. The number of hydrogen-bond acceptors (Lipinski definition) is 3. The maximum Gasteiger partial charge on any atom is 2.00 e. The van der Waals surface area contributed by atoms with Gasteiger partial charge < -0.3 is 13.9 Å². The van der Waals surface area contributed by atoms with Crippen LogP contribution in [0, 0.1) is 12.1 Å². The Morgan fingerprint density at radius 3 is 2.25 bits per heavy atom. The maximum absolute atomic E-state index is 16.9. The molecule has 1 atom stereocenters. The first-order valence-electron chi connectivity index (χ1n) is 18.2. The molecule has 0 amide bonds. The number of benzene rings is 6. The second-order valence-electron chi connectivity index (χ2n) is 14.6. The van der Waals surface area contributed by atoms with E-state index in [1.807, 2.05) is 65.3 Å².